The number of methoxy groups -OCH3 is 1. The van der Waals surface area contributed by atoms with Crippen molar-refractivity contribution >= 4 is 5.91 Å². The largest absolute Gasteiger partial charge is 0.497 e. The third-order valence-electron chi connectivity index (χ3n) is 3.96. The molecule has 5 nitrogen and oxygen atoms in total. The van der Waals surface area contributed by atoms with Gasteiger partial charge in [0.15, 0.2) is 6.61 Å². The fourth-order valence-electron chi connectivity index (χ4n) is 2.59. The molecule has 0 saturated carbocycles. The van der Waals surface area contributed by atoms with E-state index in [-0.39, 0.29) is 31.4 Å². The average Bonchev–Trinajstić information content (AvgIpc) is 3.19. The molecule has 27 heavy (non-hydrogen) atoms. The van der Waals surface area contributed by atoms with Crippen LogP contribution in [0, 0.1) is 5.82 Å². The summed E-state index contributed by atoms with van der Waals surface area (Å²) >= 11 is 0. The Bertz CT molecular complexity index is 862. The fourth-order valence-corrected chi connectivity index (χ4v) is 2.59. The predicted molar refractivity (Wildman–Crippen MR) is 97.9 cm³/mol. The van der Waals surface area contributed by atoms with Gasteiger partial charge in [-0.05, 0) is 54.1 Å². The second-order valence-corrected chi connectivity index (χ2v) is 5.92. The molecule has 0 spiro atoms. The molecular weight excluding hydrogens is 349 g/mol. The minimum Gasteiger partial charge on any atom is -0.497 e. The van der Waals surface area contributed by atoms with E-state index in [1.54, 1.807) is 66.8 Å². The van der Waals surface area contributed by atoms with E-state index in [0.29, 0.717) is 22.8 Å². The van der Waals surface area contributed by atoms with Crippen LogP contribution in [0.5, 0.6) is 11.5 Å². The molecule has 0 fully saturated rings. The van der Waals surface area contributed by atoms with Gasteiger partial charge in [0, 0.05) is 6.54 Å². The molecule has 3 rings (SSSR count). The van der Waals surface area contributed by atoms with Crippen LogP contribution in [0.3, 0.4) is 0 Å². The Morgan fingerprint density at radius 1 is 1.04 bits per heavy atom. The Morgan fingerprint density at radius 2 is 1.81 bits per heavy atom. The van der Waals surface area contributed by atoms with Crippen molar-refractivity contribution in [2.45, 2.75) is 13.1 Å². The molecule has 0 saturated heterocycles. The molecule has 140 valence electrons. The van der Waals surface area contributed by atoms with Gasteiger partial charge in [0.05, 0.1) is 19.9 Å². The van der Waals surface area contributed by atoms with Crippen LogP contribution in [0.1, 0.15) is 11.3 Å². The van der Waals surface area contributed by atoms with Gasteiger partial charge in [0.25, 0.3) is 5.91 Å². The van der Waals surface area contributed by atoms with Crippen LogP contribution >= 0.6 is 0 Å². The highest BCUT2D eigenvalue weighted by atomic mass is 19.1. The molecule has 0 unspecified atom stereocenters. The minimum atomic E-state index is -0.340. The number of halogens is 1. The molecule has 1 heterocycles. The number of hydrogen-bond donors (Lipinski definition) is 0. The summed E-state index contributed by atoms with van der Waals surface area (Å²) in [5, 5.41) is 0. The minimum absolute atomic E-state index is 0.137. The van der Waals surface area contributed by atoms with Gasteiger partial charge >= 0.3 is 0 Å². The normalized spacial score (nSPS) is 10.4. The third-order valence-corrected chi connectivity index (χ3v) is 3.96. The van der Waals surface area contributed by atoms with Crippen molar-refractivity contribution in [2.24, 2.45) is 0 Å². The van der Waals surface area contributed by atoms with Gasteiger partial charge in [-0.15, -0.1) is 0 Å². The predicted octanol–water partition coefficient (Wildman–Crippen LogP) is 4.04. The van der Waals surface area contributed by atoms with Crippen LogP contribution < -0.4 is 9.47 Å². The summed E-state index contributed by atoms with van der Waals surface area (Å²) in [6.45, 7) is 0.389. The molecule has 0 N–H and O–H groups in total. The number of rotatable bonds is 8. The van der Waals surface area contributed by atoms with Crippen molar-refractivity contribution in [1.82, 2.24) is 4.90 Å². The zero-order valence-electron chi connectivity index (χ0n) is 14.9. The van der Waals surface area contributed by atoms with Gasteiger partial charge in [0.1, 0.15) is 23.1 Å². The second kappa shape index (κ2) is 8.89. The van der Waals surface area contributed by atoms with Crippen LogP contribution in [0.2, 0.25) is 0 Å². The number of ether oxygens (including phenoxy) is 2. The number of benzene rings is 2. The molecule has 0 aliphatic carbocycles. The van der Waals surface area contributed by atoms with E-state index in [1.807, 2.05) is 0 Å². The van der Waals surface area contributed by atoms with Crippen molar-refractivity contribution < 1.29 is 23.1 Å². The molecule has 2 aromatic carbocycles. The fraction of sp³-hybridized carbons (Fsp3) is 0.190. The van der Waals surface area contributed by atoms with Crippen LogP contribution in [0.25, 0.3) is 0 Å². The Hall–Kier alpha value is -3.28. The van der Waals surface area contributed by atoms with Crippen LogP contribution in [-0.4, -0.2) is 24.5 Å². The summed E-state index contributed by atoms with van der Waals surface area (Å²) in [5.74, 6) is 1.34. The van der Waals surface area contributed by atoms with Crippen LogP contribution in [0.15, 0.2) is 71.3 Å². The molecule has 6 heteroatoms. The number of carbonyl (C=O) groups excluding carboxylic acids is 1. The smallest absolute Gasteiger partial charge is 0.261 e. The van der Waals surface area contributed by atoms with E-state index >= 15 is 0 Å². The summed E-state index contributed by atoms with van der Waals surface area (Å²) in [7, 11) is 1.58. The van der Waals surface area contributed by atoms with Gasteiger partial charge in [-0.3, -0.25) is 4.79 Å². The molecular formula is C21H20FNO4. The Morgan fingerprint density at radius 3 is 2.48 bits per heavy atom. The van der Waals surface area contributed by atoms with E-state index in [2.05, 4.69) is 0 Å². The molecule has 3 aromatic rings. The maximum Gasteiger partial charge on any atom is 0.261 e. The van der Waals surface area contributed by atoms with Gasteiger partial charge in [-0.25, -0.2) is 4.39 Å². The van der Waals surface area contributed by atoms with E-state index in [1.165, 1.54) is 12.1 Å². The summed E-state index contributed by atoms with van der Waals surface area (Å²) in [6.07, 6.45) is 1.55. The zero-order chi connectivity index (χ0) is 19.1. The molecule has 1 aromatic heterocycles. The summed E-state index contributed by atoms with van der Waals surface area (Å²) in [6, 6.07) is 16.7. The average molecular weight is 369 g/mol. The van der Waals surface area contributed by atoms with Crippen molar-refractivity contribution in [3.05, 3.63) is 84.1 Å². The number of amides is 1. The maximum atomic E-state index is 13.5. The lowest BCUT2D eigenvalue weighted by molar-refractivity contribution is -0.134. The Balaban J connectivity index is 1.67. The Kier molecular flexibility index (Phi) is 6.10. The standard InChI is InChI=1S/C21H20FNO4/c1-25-18-7-9-19(10-8-18)27-15-21(24)23(14-20-6-3-11-26-20)13-16-4-2-5-17(22)12-16/h2-12H,13-15H2,1H3. The molecule has 0 atom stereocenters. The number of nitrogens with zero attached hydrogens (tertiary/aromatic N) is 1. The summed E-state index contributed by atoms with van der Waals surface area (Å²) < 4.78 is 29.5. The lowest BCUT2D eigenvalue weighted by Crippen LogP contribution is -2.34. The van der Waals surface area contributed by atoms with E-state index in [9.17, 15) is 9.18 Å². The first-order chi connectivity index (χ1) is 13.1. The topological polar surface area (TPSA) is 51.9 Å². The van der Waals surface area contributed by atoms with Crippen molar-refractivity contribution in [1.29, 1.82) is 0 Å². The quantitative estimate of drug-likeness (QED) is 0.601. The van der Waals surface area contributed by atoms with Gasteiger partial charge in [-0.2, -0.15) is 0 Å². The molecule has 0 bridgehead atoms. The van der Waals surface area contributed by atoms with Gasteiger partial charge in [0.2, 0.25) is 0 Å². The summed E-state index contributed by atoms with van der Waals surface area (Å²) in [5.41, 5.74) is 0.694. The number of carbonyl (C=O) groups is 1. The lowest BCUT2D eigenvalue weighted by atomic mass is 10.2. The van der Waals surface area contributed by atoms with Gasteiger partial charge in [-0.1, -0.05) is 12.1 Å². The first-order valence-electron chi connectivity index (χ1n) is 8.45. The van der Waals surface area contributed by atoms with Crippen LogP contribution in [-0.2, 0) is 17.9 Å². The van der Waals surface area contributed by atoms with E-state index < -0.39 is 0 Å². The second-order valence-electron chi connectivity index (χ2n) is 5.92. The maximum absolute atomic E-state index is 13.5. The zero-order valence-corrected chi connectivity index (χ0v) is 14.9. The first-order valence-corrected chi connectivity index (χ1v) is 8.45. The summed E-state index contributed by atoms with van der Waals surface area (Å²) in [4.78, 5) is 14.3. The SMILES string of the molecule is COc1ccc(OCC(=O)N(Cc2cccc(F)c2)Cc2ccco2)cc1. The molecule has 0 aliphatic heterocycles. The third kappa shape index (κ3) is 5.34. The molecule has 0 aliphatic rings. The monoisotopic (exact) mass is 369 g/mol. The van der Waals surface area contributed by atoms with Crippen molar-refractivity contribution in [3.63, 3.8) is 0 Å². The van der Waals surface area contributed by atoms with E-state index in [0.717, 1.165) is 0 Å². The van der Waals surface area contributed by atoms with E-state index in [4.69, 9.17) is 13.9 Å². The highest BCUT2D eigenvalue weighted by Crippen LogP contribution is 2.18. The van der Waals surface area contributed by atoms with Crippen molar-refractivity contribution in [3.8, 4) is 11.5 Å². The number of furan rings is 1. The highest BCUT2D eigenvalue weighted by Gasteiger charge is 2.17. The number of hydrogen-bond acceptors (Lipinski definition) is 4. The first kappa shape index (κ1) is 18.5. The molecule has 1 amide bonds. The Labute approximate surface area is 156 Å². The van der Waals surface area contributed by atoms with Crippen molar-refractivity contribution in [2.75, 3.05) is 13.7 Å². The van der Waals surface area contributed by atoms with Gasteiger partial charge < -0.3 is 18.8 Å². The molecule has 0 radical (unpaired) electrons. The lowest BCUT2D eigenvalue weighted by Gasteiger charge is -2.22. The van der Waals surface area contributed by atoms with Crippen LogP contribution in [0.4, 0.5) is 4.39 Å². The highest BCUT2D eigenvalue weighted by molar-refractivity contribution is 5.77.